The number of aliphatic hydroxyl groups is 2. The topological polar surface area (TPSA) is 148 Å². The largest absolute Gasteiger partial charge is 0.388 e. The first-order valence-corrected chi connectivity index (χ1v) is 13.1. The van der Waals surface area contributed by atoms with E-state index in [2.05, 4.69) is 0 Å². The van der Waals surface area contributed by atoms with Gasteiger partial charge >= 0.3 is 15.2 Å². The van der Waals surface area contributed by atoms with Crippen molar-refractivity contribution in [1.29, 1.82) is 0 Å². The summed E-state index contributed by atoms with van der Waals surface area (Å²) in [6.45, 7) is 6.32. The van der Waals surface area contributed by atoms with Crippen molar-refractivity contribution < 1.29 is 56.4 Å². The van der Waals surface area contributed by atoms with E-state index in [0.717, 1.165) is 0 Å². The molecule has 6 atom stereocenters. The third-order valence-corrected chi connectivity index (χ3v) is 8.25. The molecule has 14 heteroatoms. The van der Waals surface area contributed by atoms with Gasteiger partial charge in [-0.25, -0.2) is 0 Å². The fourth-order valence-corrected chi connectivity index (χ4v) is 6.23. The summed E-state index contributed by atoms with van der Waals surface area (Å²) in [5, 5.41) is 20.8. The fraction of sp³-hybridized carbons (Fsp3) is 1.00. The first-order valence-electron chi connectivity index (χ1n) is 9.92. The van der Waals surface area contributed by atoms with Gasteiger partial charge in [0.2, 0.25) is 0 Å². The summed E-state index contributed by atoms with van der Waals surface area (Å²) in [5.41, 5.74) is 0. The molecule has 6 unspecified atom stereocenters. The molecule has 0 amide bonds. The van der Waals surface area contributed by atoms with Crippen molar-refractivity contribution >= 4 is 15.2 Å². The van der Waals surface area contributed by atoms with Crippen LogP contribution in [0.3, 0.4) is 0 Å². The number of hydrogen-bond acceptors (Lipinski definition) is 12. The van der Waals surface area contributed by atoms with Crippen LogP contribution in [0.4, 0.5) is 0 Å². The molecular formula is C16H32O12P2. The van der Waals surface area contributed by atoms with E-state index in [4.69, 9.17) is 37.0 Å². The molecule has 0 saturated carbocycles. The van der Waals surface area contributed by atoms with Crippen LogP contribution >= 0.6 is 15.2 Å². The molecule has 0 spiro atoms. The average Bonchev–Trinajstić information content (AvgIpc) is 2.69. The zero-order valence-electron chi connectivity index (χ0n) is 17.6. The quantitative estimate of drug-likeness (QED) is 0.416. The molecule has 2 N–H and O–H groups in total. The Hall–Kier alpha value is 0.0600. The summed E-state index contributed by atoms with van der Waals surface area (Å²) in [6.07, 6.45) is -4.88. The number of rotatable bonds is 11. The lowest BCUT2D eigenvalue weighted by atomic mass is 10.0. The van der Waals surface area contributed by atoms with Crippen LogP contribution in [0.5, 0.6) is 0 Å². The highest BCUT2D eigenvalue weighted by atomic mass is 31.2. The van der Waals surface area contributed by atoms with Gasteiger partial charge in [0.25, 0.3) is 12.1 Å². The van der Waals surface area contributed by atoms with Gasteiger partial charge < -0.3 is 47.3 Å². The second-order valence-corrected chi connectivity index (χ2v) is 10.4. The van der Waals surface area contributed by atoms with E-state index >= 15 is 0 Å². The molecule has 2 rings (SSSR count). The Morgan fingerprint density at radius 3 is 1.27 bits per heavy atom. The van der Waals surface area contributed by atoms with Crippen LogP contribution in [0.1, 0.15) is 27.7 Å². The van der Waals surface area contributed by atoms with E-state index in [-0.39, 0.29) is 39.6 Å². The minimum atomic E-state index is -3.83. The van der Waals surface area contributed by atoms with Crippen molar-refractivity contribution in [2.45, 2.75) is 64.2 Å². The van der Waals surface area contributed by atoms with Crippen molar-refractivity contribution in [3.63, 3.8) is 0 Å². The standard InChI is InChI=1S/C16H32O12P2/c1-5-23-29(19,24-6-2)15-21-9-11(17)13(27-15)14-12(18)10-22-16(28-14)30(20,25-7-3)26-8-4/h11-18H,5-10H2,1-4H3. The van der Waals surface area contributed by atoms with E-state index in [1.165, 1.54) is 0 Å². The number of ether oxygens (including phenoxy) is 4. The van der Waals surface area contributed by atoms with Gasteiger partial charge in [0.15, 0.2) is 0 Å². The van der Waals surface area contributed by atoms with Crippen molar-refractivity contribution in [3.05, 3.63) is 0 Å². The van der Waals surface area contributed by atoms with Crippen molar-refractivity contribution in [2.75, 3.05) is 39.6 Å². The third kappa shape index (κ3) is 6.10. The van der Waals surface area contributed by atoms with Crippen LogP contribution in [0.25, 0.3) is 0 Å². The Kier molecular flexibility index (Phi) is 10.3. The predicted molar refractivity (Wildman–Crippen MR) is 103 cm³/mol. The second kappa shape index (κ2) is 11.8. The van der Waals surface area contributed by atoms with Crippen LogP contribution in [-0.2, 0) is 46.2 Å². The van der Waals surface area contributed by atoms with E-state index in [9.17, 15) is 19.3 Å². The zero-order chi connectivity index (χ0) is 22.4. The van der Waals surface area contributed by atoms with Gasteiger partial charge in [0, 0.05) is 0 Å². The minimum Gasteiger partial charge on any atom is -0.388 e. The van der Waals surface area contributed by atoms with Crippen LogP contribution in [-0.4, -0.2) is 86.3 Å². The van der Waals surface area contributed by atoms with Gasteiger partial charge in [-0.1, -0.05) is 0 Å². The molecule has 0 aromatic rings. The van der Waals surface area contributed by atoms with Gasteiger partial charge in [0.1, 0.15) is 24.4 Å². The SMILES string of the molecule is CCOP(=O)(OCC)C1OCC(O)C(C2OC(P(=O)(OCC)OCC)OCC2O)O1. The highest BCUT2D eigenvalue weighted by molar-refractivity contribution is 7.54. The summed E-state index contributed by atoms with van der Waals surface area (Å²) < 4.78 is 68.9. The summed E-state index contributed by atoms with van der Waals surface area (Å²) in [7, 11) is -7.65. The molecule has 30 heavy (non-hydrogen) atoms. The maximum atomic E-state index is 13.0. The maximum Gasteiger partial charge on any atom is 0.386 e. The van der Waals surface area contributed by atoms with Gasteiger partial charge in [-0.05, 0) is 27.7 Å². The normalized spacial score (nSPS) is 33.5. The molecule has 0 bridgehead atoms. The lowest BCUT2D eigenvalue weighted by Gasteiger charge is -2.44. The molecular weight excluding hydrogens is 446 g/mol. The molecule has 12 nitrogen and oxygen atoms in total. The highest BCUT2D eigenvalue weighted by Crippen LogP contribution is 2.57. The van der Waals surface area contributed by atoms with E-state index in [1.807, 2.05) is 0 Å². The summed E-state index contributed by atoms with van der Waals surface area (Å²) in [5.74, 6) is 0. The smallest absolute Gasteiger partial charge is 0.386 e. The monoisotopic (exact) mass is 478 g/mol. The molecule has 0 aromatic heterocycles. The van der Waals surface area contributed by atoms with Gasteiger partial charge in [-0.2, -0.15) is 0 Å². The lowest BCUT2D eigenvalue weighted by molar-refractivity contribution is -0.302. The molecule has 2 fully saturated rings. The number of hydrogen-bond donors (Lipinski definition) is 2. The molecule has 2 aliphatic heterocycles. The molecule has 2 heterocycles. The molecule has 0 radical (unpaired) electrons. The Morgan fingerprint density at radius 1 is 0.700 bits per heavy atom. The van der Waals surface area contributed by atoms with Gasteiger partial charge in [-0.3, -0.25) is 9.13 Å². The zero-order valence-corrected chi connectivity index (χ0v) is 19.4. The van der Waals surface area contributed by atoms with Crippen LogP contribution in [0.15, 0.2) is 0 Å². The van der Waals surface area contributed by atoms with Gasteiger partial charge in [0.05, 0.1) is 39.6 Å². The Labute approximate surface area is 176 Å². The van der Waals surface area contributed by atoms with Crippen molar-refractivity contribution in [1.82, 2.24) is 0 Å². The molecule has 0 aromatic carbocycles. The van der Waals surface area contributed by atoms with E-state index in [0.29, 0.717) is 0 Å². The summed E-state index contributed by atoms with van der Waals surface area (Å²) in [4.78, 5) is 0. The van der Waals surface area contributed by atoms with E-state index in [1.54, 1.807) is 27.7 Å². The van der Waals surface area contributed by atoms with Crippen LogP contribution in [0.2, 0.25) is 0 Å². The predicted octanol–water partition coefficient (Wildman–Crippen LogP) is 1.64. The van der Waals surface area contributed by atoms with Crippen LogP contribution in [0, 0.1) is 0 Å². The van der Waals surface area contributed by atoms with Crippen molar-refractivity contribution in [2.24, 2.45) is 0 Å². The van der Waals surface area contributed by atoms with Crippen molar-refractivity contribution in [3.8, 4) is 0 Å². The summed E-state index contributed by atoms with van der Waals surface area (Å²) >= 11 is 0. The molecule has 2 saturated heterocycles. The first kappa shape index (κ1) is 26.3. The van der Waals surface area contributed by atoms with E-state index < -0.39 is 51.7 Å². The molecule has 0 aliphatic carbocycles. The first-order chi connectivity index (χ1) is 14.2. The fourth-order valence-electron chi connectivity index (χ4n) is 3.04. The van der Waals surface area contributed by atoms with Crippen LogP contribution < -0.4 is 0 Å². The molecule has 2 aliphatic rings. The Balaban J connectivity index is 2.21. The minimum absolute atomic E-state index is 0.0814. The Bertz CT molecular complexity index is 547. The average molecular weight is 478 g/mol. The second-order valence-electron chi connectivity index (χ2n) is 6.37. The van der Waals surface area contributed by atoms with Gasteiger partial charge in [-0.15, -0.1) is 0 Å². The molecule has 178 valence electrons. The maximum absolute atomic E-state index is 13.0. The lowest BCUT2D eigenvalue weighted by Crippen LogP contribution is -2.58. The third-order valence-electron chi connectivity index (χ3n) is 4.20. The summed E-state index contributed by atoms with van der Waals surface area (Å²) in [6, 6.07) is -2.87. The number of aliphatic hydroxyl groups excluding tert-OH is 2. The Morgan fingerprint density at radius 2 is 1.00 bits per heavy atom. The highest BCUT2D eigenvalue weighted by Gasteiger charge is 2.52.